The lowest BCUT2D eigenvalue weighted by Gasteiger charge is -2.36. The van der Waals surface area contributed by atoms with Crippen molar-refractivity contribution in [1.29, 1.82) is 0 Å². The van der Waals surface area contributed by atoms with Crippen molar-refractivity contribution in [2.24, 2.45) is 5.92 Å². The van der Waals surface area contributed by atoms with E-state index >= 15 is 0 Å². The molecule has 1 unspecified atom stereocenters. The van der Waals surface area contributed by atoms with E-state index in [-0.39, 0.29) is 11.8 Å². The second kappa shape index (κ2) is 10.2. The highest BCUT2D eigenvalue weighted by Crippen LogP contribution is 2.23. The van der Waals surface area contributed by atoms with E-state index in [4.69, 9.17) is 0 Å². The average Bonchev–Trinajstić information content (AvgIpc) is 3.22. The Morgan fingerprint density at radius 2 is 1.94 bits per heavy atom. The third-order valence-electron chi connectivity index (χ3n) is 6.24. The van der Waals surface area contributed by atoms with Gasteiger partial charge >= 0.3 is 0 Å². The molecule has 2 amide bonds. The molecule has 0 saturated carbocycles. The molecule has 7 nitrogen and oxygen atoms in total. The topological polar surface area (TPSA) is 69.6 Å². The number of rotatable bonds is 6. The molecule has 2 aliphatic heterocycles. The molecular weight excluding hydrogens is 410 g/mol. The Kier molecular flexibility index (Phi) is 7.17. The monoisotopic (exact) mass is 441 g/mol. The number of nitrogens with zero attached hydrogens (tertiary/aromatic N) is 5. The summed E-state index contributed by atoms with van der Waals surface area (Å²) in [5.41, 5.74) is 0.870. The third kappa shape index (κ3) is 5.81. The molecule has 0 radical (unpaired) electrons. The van der Waals surface area contributed by atoms with Gasteiger partial charge in [-0.15, -0.1) is 11.3 Å². The number of carbonyl (C=O) groups excluding carboxylic acids is 2. The van der Waals surface area contributed by atoms with Crippen LogP contribution in [0.1, 0.15) is 36.4 Å². The van der Waals surface area contributed by atoms with Gasteiger partial charge in [-0.2, -0.15) is 0 Å². The summed E-state index contributed by atoms with van der Waals surface area (Å²) in [5, 5.41) is 2.97. The molecule has 0 aliphatic carbocycles. The minimum absolute atomic E-state index is 0.159. The van der Waals surface area contributed by atoms with Crippen LogP contribution in [0.25, 0.3) is 0 Å². The normalized spacial score (nSPS) is 19.5. The van der Waals surface area contributed by atoms with Gasteiger partial charge in [0.05, 0.1) is 17.1 Å². The number of carbonyl (C=O) groups is 2. The Balaban J connectivity index is 1.20. The quantitative estimate of drug-likeness (QED) is 0.689. The van der Waals surface area contributed by atoms with Crippen molar-refractivity contribution >= 4 is 29.0 Å². The summed E-state index contributed by atoms with van der Waals surface area (Å²) in [7, 11) is 0. The SMILES string of the molecule is Cc1nc(CC(=O)N2CCCC(CCC(=O)N3CCN(c4ccccn4)CC3)C2)cs1. The van der Waals surface area contributed by atoms with Crippen LogP contribution in [-0.2, 0) is 16.0 Å². The van der Waals surface area contributed by atoms with Crippen molar-refractivity contribution in [3.8, 4) is 0 Å². The van der Waals surface area contributed by atoms with E-state index in [1.165, 1.54) is 0 Å². The molecule has 8 heteroatoms. The van der Waals surface area contributed by atoms with Gasteiger partial charge in [0.15, 0.2) is 0 Å². The zero-order chi connectivity index (χ0) is 21.6. The van der Waals surface area contributed by atoms with Gasteiger partial charge in [0.1, 0.15) is 5.82 Å². The first-order valence-electron chi connectivity index (χ1n) is 11.2. The van der Waals surface area contributed by atoms with E-state index in [0.717, 1.165) is 75.1 Å². The van der Waals surface area contributed by atoms with E-state index in [9.17, 15) is 9.59 Å². The predicted octanol–water partition coefficient (Wildman–Crippen LogP) is 2.76. The first-order chi connectivity index (χ1) is 15.1. The zero-order valence-electron chi connectivity index (χ0n) is 18.2. The smallest absolute Gasteiger partial charge is 0.228 e. The molecule has 166 valence electrons. The number of hydrogen-bond donors (Lipinski definition) is 0. The predicted molar refractivity (Wildman–Crippen MR) is 122 cm³/mol. The first-order valence-corrected chi connectivity index (χ1v) is 12.1. The second-order valence-electron chi connectivity index (χ2n) is 8.48. The largest absolute Gasteiger partial charge is 0.353 e. The van der Waals surface area contributed by atoms with Crippen LogP contribution in [0.3, 0.4) is 0 Å². The number of aryl methyl sites for hydroxylation is 1. The number of aromatic nitrogens is 2. The van der Waals surface area contributed by atoms with Crippen molar-refractivity contribution in [2.45, 2.75) is 39.0 Å². The molecule has 2 aliphatic rings. The molecular formula is C23H31N5O2S. The molecule has 1 atom stereocenters. The van der Waals surface area contributed by atoms with Gasteiger partial charge in [-0.25, -0.2) is 9.97 Å². The summed E-state index contributed by atoms with van der Waals surface area (Å²) < 4.78 is 0. The fourth-order valence-corrected chi connectivity index (χ4v) is 5.11. The second-order valence-corrected chi connectivity index (χ2v) is 9.54. The lowest BCUT2D eigenvalue weighted by Crippen LogP contribution is -2.49. The fraction of sp³-hybridized carbons (Fsp3) is 0.565. The first kappa shape index (κ1) is 21.7. The number of thiazole rings is 1. The Morgan fingerprint density at radius 3 is 2.65 bits per heavy atom. The molecule has 4 heterocycles. The number of pyridine rings is 1. The summed E-state index contributed by atoms with van der Waals surface area (Å²) in [6.07, 6.45) is 5.74. The van der Waals surface area contributed by atoms with E-state index < -0.39 is 0 Å². The summed E-state index contributed by atoms with van der Waals surface area (Å²) in [6, 6.07) is 5.93. The third-order valence-corrected chi connectivity index (χ3v) is 7.07. The van der Waals surface area contributed by atoms with Crippen LogP contribution < -0.4 is 4.90 Å². The van der Waals surface area contributed by atoms with Gasteiger partial charge < -0.3 is 14.7 Å². The average molecular weight is 442 g/mol. The maximum absolute atomic E-state index is 12.7. The maximum Gasteiger partial charge on any atom is 0.228 e. The molecule has 31 heavy (non-hydrogen) atoms. The number of piperidine rings is 1. The number of likely N-dealkylation sites (tertiary alicyclic amines) is 1. The van der Waals surface area contributed by atoms with Crippen molar-refractivity contribution in [2.75, 3.05) is 44.2 Å². The molecule has 0 bridgehead atoms. The zero-order valence-corrected chi connectivity index (χ0v) is 19.0. The van der Waals surface area contributed by atoms with Crippen molar-refractivity contribution in [3.63, 3.8) is 0 Å². The molecule has 0 aromatic carbocycles. The Bertz CT molecular complexity index is 879. The van der Waals surface area contributed by atoms with Crippen LogP contribution in [0.15, 0.2) is 29.8 Å². The number of anilines is 1. The van der Waals surface area contributed by atoms with Crippen LogP contribution >= 0.6 is 11.3 Å². The van der Waals surface area contributed by atoms with Crippen molar-refractivity contribution < 1.29 is 9.59 Å². The highest BCUT2D eigenvalue weighted by molar-refractivity contribution is 7.09. The molecule has 0 spiro atoms. The molecule has 2 saturated heterocycles. The van der Waals surface area contributed by atoms with E-state index in [0.29, 0.717) is 18.8 Å². The standard InChI is InChI=1S/C23H31N5O2S/c1-18-25-20(17-31-18)15-23(30)28-10-4-5-19(16-28)7-8-22(29)27-13-11-26(12-14-27)21-6-2-3-9-24-21/h2-3,6,9,17,19H,4-5,7-8,10-16H2,1H3. The molecule has 2 aromatic rings. The number of hydrogen-bond acceptors (Lipinski definition) is 6. The molecule has 2 fully saturated rings. The van der Waals surface area contributed by atoms with Gasteiger partial charge in [0.2, 0.25) is 11.8 Å². The Labute approximate surface area is 188 Å². The summed E-state index contributed by atoms with van der Waals surface area (Å²) in [5.74, 6) is 1.79. The van der Waals surface area contributed by atoms with Gasteiger partial charge in [-0.05, 0) is 44.2 Å². The Morgan fingerprint density at radius 1 is 1.10 bits per heavy atom. The van der Waals surface area contributed by atoms with E-state index in [2.05, 4.69) is 14.9 Å². The molecule has 4 rings (SSSR count). The number of amides is 2. The lowest BCUT2D eigenvalue weighted by molar-refractivity contribution is -0.132. The molecule has 0 N–H and O–H groups in total. The highest BCUT2D eigenvalue weighted by Gasteiger charge is 2.26. The van der Waals surface area contributed by atoms with Gasteiger partial charge in [-0.3, -0.25) is 9.59 Å². The van der Waals surface area contributed by atoms with Crippen LogP contribution in [0.2, 0.25) is 0 Å². The minimum Gasteiger partial charge on any atom is -0.353 e. The highest BCUT2D eigenvalue weighted by atomic mass is 32.1. The fourth-order valence-electron chi connectivity index (χ4n) is 4.49. The van der Waals surface area contributed by atoms with Crippen LogP contribution in [0, 0.1) is 12.8 Å². The lowest BCUT2D eigenvalue weighted by atomic mass is 9.93. The van der Waals surface area contributed by atoms with Gasteiger partial charge in [-0.1, -0.05) is 6.07 Å². The minimum atomic E-state index is 0.159. The van der Waals surface area contributed by atoms with E-state index in [1.807, 2.05) is 46.5 Å². The molecule has 2 aromatic heterocycles. The summed E-state index contributed by atoms with van der Waals surface area (Å²) >= 11 is 1.59. The van der Waals surface area contributed by atoms with Crippen molar-refractivity contribution in [3.05, 3.63) is 40.5 Å². The van der Waals surface area contributed by atoms with Crippen LogP contribution in [-0.4, -0.2) is 70.9 Å². The summed E-state index contributed by atoms with van der Waals surface area (Å²) in [6.45, 7) is 6.69. The van der Waals surface area contributed by atoms with E-state index in [1.54, 1.807) is 11.3 Å². The van der Waals surface area contributed by atoms with Crippen molar-refractivity contribution in [1.82, 2.24) is 19.8 Å². The van der Waals surface area contributed by atoms with Gasteiger partial charge in [0, 0.05) is 57.3 Å². The number of piperazine rings is 1. The Hall–Kier alpha value is -2.48. The maximum atomic E-state index is 12.7. The summed E-state index contributed by atoms with van der Waals surface area (Å²) in [4.78, 5) is 40.4. The van der Waals surface area contributed by atoms with Gasteiger partial charge in [0.25, 0.3) is 0 Å². The van der Waals surface area contributed by atoms with Crippen LogP contribution in [0.4, 0.5) is 5.82 Å². The van der Waals surface area contributed by atoms with Crippen LogP contribution in [0.5, 0.6) is 0 Å².